The molecule has 11 heteroatoms. The van der Waals surface area contributed by atoms with Gasteiger partial charge in [-0.1, -0.05) is 83.9 Å². The van der Waals surface area contributed by atoms with Crippen LogP contribution in [0, 0.1) is 30.2 Å². The van der Waals surface area contributed by atoms with E-state index in [2.05, 4.69) is 6.07 Å². The highest BCUT2D eigenvalue weighted by atomic mass is 35.5. The van der Waals surface area contributed by atoms with E-state index in [1.807, 2.05) is 49.4 Å². The highest BCUT2D eigenvalue weighted by molar-refractivity contribution is 6.82. The van der Waals surface area contributed by atoms with Gasteiger partial charge >= 0.3 is 20.7 Å². The van der Waals surface area contributed by atoms with Crippen LogP contribution in [0.3, 0.4) is 0 Å². The minimum atomic E-state index is -0.290. The molecule has 0 aliphatic carbocycles. The van der Waals surface area contributed by atoms with E-state index in [4.69, 9.17) is 25.6 Å². The minimum Gasteiger partial charge on any atom is -0.423 e. The average molecular weight is 703 g/mol. The van der Waals surface area contributed by atoms with Crippen molar-refractivity contribution >= 4 is 65.1 Å². The second kappa shape index (κ2) is 15.3. The van der Waals surface area contributed by atoms with Gasteiger partial charge in [0.15, 0.2) is 0 Å². The van der Waals surface area contributed by atoms with E-state index < -0.39 is 0 Å². The van der Waals surface area contributed by atoms with Gasteiger partial charge in [-0.15, -0.1) is 0 Å². The lowest BCUT2D eigenvalue weighted by Gasteiger charge is -2.08. The van der Waals surface area contributed by atoms with E-state index >= 15 is 0 Å². The average Bonchev–Trinajstić information content (AvgIpc) is 3.86. The molecule has 252 valence electrons. The fraction of sp³-hybridized carbons (Fsp3) is 0.100. The fourth-order valence-corrected chi connectivity index (χ4v) is 6.67. The third kappa shape index (κ3) is 8.00. The molecule has 0 saturated heterocycles. The number of halogens is 5. The summed E-state index contributed by atoms with van der Waals surface area (Å²) in [5.74, 6) is -0.993. The molecule has 3 aliphatic rings. The Labute approximate surface area is 300 Å². The van der Waals surface area contributed by atoms with Crippen molar-refractivity contribution in [3.8, 4) is 0 Å². The van der Waals surface area contributed by atoms with Crippen LogP contribution in [-0.2, 0) is 33.8 Å². The van der Waals surface area contributed by atoms with Crippen LogP contribution in [0.25, 0.3) is 0 Å². The molecule has 3 aliphatic heterocycles. The van der Waals surface area contributed by atoms with Gasteiger partial charge < -0.3 is 14.0 Å². The Kier molecular flexibility index (Phi) is 10.5. The first-order chi connectivity index (χ1) is 24.7. The first kappa shape index (κ1) is 34.8. The molecule has 3 heterocycles. The van der Waals surface area contributed by atoms with Crippen LogP contribution in [0.1, 0.15) is 22.3 Å². The molecule has 6 aromatic rings. The quantitative estimate of drug-likeness (QED) is 0.181. The van der Waals surface area contributed by atoms with Crippen molar-refractivity contribution in [3.63, 3.8) is 0 Å². The van der Waals surface area contributed by atoms with Gasteiger partial charge in [0.05, 0.1) is 19.8 Å². The van der Waals surface area contributed by atoms with Crippen LogP contribution >= 0.6 is 11.6 Å². The molecular weight excluding hydrogens is 672 g/mol. The predicted molar refractivity (Wildman–Crippen MR) is 198 cm³/mol. The van der Waals surface area contributed by atoms with Gasteiger partial charge in [-0.2, -0.15) is 0 Å². The maximum absolute atomic E-state index is 13.3. The molecule has 0 atom stereocenters. The summed E-state index contributed by atoms with van der Waals surface area (Å²) in [6.07, 6.45) is 0. The molecule has 0 amide bonds. The minimum absolute atomic E-state index is 0.124. The first-order valence-electron chi connectivity index (χ1n) is 16.5. The Bertz CT molecular complexity index is 2070. The topological polar surface area (TPSA) is 27.7 Å². The van der Waals surface area contributed by atoms with Crippen molar-refractivity contribution in [2.24, 2.45) is 0 Å². The second-order valence-corrected chi connectivity index (χ2v) is 13.1. The predicted octanol–water partition coefficient (Wildman–Crippen LogP) is 5.49. The fourth-order valence-electron chi connectivity index (χ4n) is 6.55. The summed E-state index contributed by atoms with van der Waals surface area (Å²) in [6.45, 7) is 3.01. The van der Waals surface area contributed by atoms with E-state index in [9.17, 15) is 17.6 Å². The normalized spacial score (nSPS) is 13.9. The summed E-state index contributed by atoms with van der Waals surface area (Å²) in [5, 5.41) is 0.686. The highest BCUT2D eigenvalue weighted by Crippen LogP contribution is 2.15. The SMILES string of the molecule is Cc1cccc(B2OCc3ccc(F)cc32)c1.Fc1ccc(B2OCc3ccc(F)cc32)cc1.Fc1ccc2c(c1)B(c1ccc(Cl)cc1)OC2. The van der Waals surface area contributed by atoms with Crippen molar-refractivity contribution < 1.29 is 31.5 Å². The van der Waals surface area contributed by atoms with Gasteiger partial charge in [-0.25, -0.2) is 17.6 Å². The molecular formula is C40H30B3ClF4O3. The summed E-state index contributed by atoms with van der Waals surface area (Å²) in [4.78, 5) is 0. The molecule has 0 unspecified atom stereocenters. The van der Waals surface area contributed by atoms with Crippen LogP contribution in [0.4, 0.5) is 17.6 Å². The molecule has 0 radical (unpaired) electrons. The second-order valence-electron chi connectivity index (χ2n) is 12.6. The molecule has 51 heavy (non-hydrogen) atoms. The number of benzene rings is 6. The maximum Gasteiger partial charge on any atom is 0.362 e. The zero-order valence-corrected chi connectivity index (χ0v) is 28.3. The van der Waals surface area contributed by atoms with Gasteiger partial charge in [-0.3, -0.25) is 0 Å². The standard InChI is InChI=1S/C14H12BFO.C13H9BClFO.C13H9BF2O/c1-10-3-2-4-12(7-10)15-14-8-13(16)6-5-11(14)9-17-15;15-11-4-2-10(3-5-11)14-13-7-12(16)6-1-9(13)8-17-14;15-11-5-2-10(3-6-11)14-13-7-12(16)4-1-9(13)8-17-14/h2-8H,9H2,1H3;2*1-7H,8H2. The van der Waals surface area contributed by atoms with Gasteiger partial charge in [0.2, 0.25) is 0 Å². The smallest absolute Gasteiger partial charge is 0.362 e. The Morgan fingerprint density at radius 2 is 0.843 bits per heavy atom. The van der Waals surface area contributed by atoms with Crippen molar-refractivity contribution in [2.75, 3.05) is 0 Å². The number of fused-ring (bicyclic) bond motifs is 3. The Morgan fingerprint density at radius 3 is 1.27 bits per heavy atom. The van der Waals surface area contributed by atoms with Crippen LogP contribution < -0.4 is 32.8 Å². The zero-order chi connectivity index (χ0) is 35.5. The van der Waals surface area contributed by atoms with Crippen molar-refractivity contribution in [1.29, 1.82) is 0 Å². The largest absolute Gasteiger partial charge is 0.423 e. The summed E-state index contributed by atoms with van der Waals surface area (Å²) < 4.78 is 69.6. The lowest BCUT2D eigenvalue weighted by molar-refractivity contribution is 0.337. The highest BCUT2D eigenvalue weighted by Gasteiger charge is 2.32. The van der Waals surface area contributed by atoms with Crippen molar-refractivity contribution in [1.82, 2.24) is 0 Å². The molecule has 0 spiro atoms. The number of hydrogen-bond acceptors (Lipinski definition) is 3. The molecule has 0 N–H and O–H groups in total. The Hall–Kier alpha value is -4.60. The van der Waals surface area contributed by atoms with E-state index in [1.165, 1.54) is 42.0 Å². The summed E-state index contributed by atoms with van der Waals surface area (Å²) in [5.41, 5.74) is 9.93. The first-order valence-corrected chi connectivity index (χ1v) is 16.9. The third-order valence-electron chi connectivity index (χ3n) is 9.08. The molecule has 0 aromatic heterocycles. The van der Waals surface area contributed by atoms with Gasteiger partial charge in [-0.05, 0) is 117 Å². The molecule has 0 fully saturated rings. The van der Waals surface area contributed by atoms with E-state index in [0.29, 0.717) is 24.8 Å². The van der Waals surface area contributed by atoms with Gasteiger partial charge in [0.1, 0.15) is 23.3 Å². The summed E-state index contributed by atoms with van der Waals surface area (Å²) >= 11 is 5.84. The molecule has 3 nitrogen and oxygen atoms in total. The summed E-state index contributed by atoms with van der Waals surface area (Å²) in [6, 6.07) is 36.0. The van der Waals surface area contributed by atoms with Gasteiger partial charge in [0, 0.05) is 5.02 Å². The lowest BCUT2D eigenvalue weighted by Crippen LogP contribution is -2.41. The zero-order valence-electron chi connectivity index (χ0n) is 27.6. The lowest BCUT2D eigenvalue weighted by atomic mass is 9.55. The van der Waals surface area contributed by atoms with E-state index in [-0.39, 0.29) is 44.0 Å². The molecule has 6 aromatic carbocycles. The number of aryl methyl sites for hydroxylation is 1. The van der Waals surface area contributed by atoms with Gasteiger partial charge in [0.25, 0.3) is 0 Å². The Morgan fingerprint density at radius 1 is 0.451 bits per heavy atom. The molecule has 0 saturated carbocycles. The maximum atomic E-state index is 13.3. The van der Waals surface area contributed by atoms with Crippen molar-refractivity contribution in [3.05, 3.63) is 178 Å². The number of hydrogen-bond donors (Lipinski definition) is 0. The van der Waals surface area contributed by atoms with E-state index in [1.54, 1.807) is 42.5 Å². The van der Waals surface area contributed by atoms with Crippen LogP contribution in [0.5, 0.6) is 0 Å². The van der Waals surface area contributed by atoms with Crippen molar-refractivity contribution in [2.45, 2.75) is 26.7 Å². The van der Waals surface area contributed by atoms with Crippen LogP contribution in [0.15, 0.2) is 127 Å². The third-order valence-corrected chi connectivity index (χ3v) is 9.33. The Balaban J connectivity index is 0.000000119. The van der Waals surface area contributed by atoms with E-state index in [0.717, 1.165) is 49.5 Å². The molecule has 0 bridgehead atoms. The van der Waals surface area contributed by atoms with Crippen LogP contribution in [0.2, 0.25) is 5.02 Å². The molecule has 9 rings (SSSR count). The van der Waals surface area contributed by atoms with Crippen LogP contribution in [-0.4, -0.2) is 20.7 Å². The summed E-state index contributed by atoms with van der Waals surface area (Å²) in [7, 11) is 0. The monoisotopic (exact) mass is 702 g/mol. The number of rotatable bonds is 3.